The van der Waals surface area contributed by atoms with Gasteiger partial charge in [-0.15, -0.1) is 0 Å². The van der Waals surface area contributed by atoms with E-state index in [0.29, 0.717) is 30.4 Å². The van der Waals surface area contributed by atoms with Crippen molar-refractivity contribution in [2.24, 2.45) is 5.14 Å². The minimum Gasteiger partial charge on any atom is -0.493 e. The van der Waals surface area contributed by atoms with Crippen molar-refractivity contribution < 1.29 is 22.6 Å². The van der Waals surface area contributed by atoms with Gasteiger partial charge in [-0.2, -0.15) is 0 Å². The van der Waals surface area contributed by atoms with Gasteiger partial charge in [0.1, 0.15) is 12.4 Å². The molecule has 142 valence electrons. The normalized spacial score (nSPS) is 11.4. The average Bonchev–Trinajstić information content (AvgIpc) is 2.61. The molecule has 0 unspecified atom stereocenters. The Morgan fingerprint density at radius 2 is 1.65 bits per heavy atom. The number of sulfonamides is 1. The third kappa shape index (κ3) is 5.62. The molecule has 0 aliphatic heterocycles. The second-order valence-corrected chi connectivity index (χ2v) is 7.35. The Kier molecular flexibility index (Phi) is 6.84. The highest BCUT2D eigenvalue weighted by atomic mass is 32.2. The molecule has 0 fully saturated rings. The van der Waals surface area contributed by atoms with E-state index in [-0.39, 0.29) is 4.90 Å². The summed E-state index contributed by atoms with van der Waals surface area (Å²) in [5.41, 5.74) is 1.10. The minimum atomic E-state index is -3.68. The smallest absolute Gasteiger partial charge is 0.238 e. The summed E-state index contributed by atoms with van der Waals surface area (Å²) in [4.78, 5) is 2.18. The predicted octanol–water partition coefficient (Wildman–Crippen LogP) is 1.86. The molecule has 0 aromatic heterocycles. The van der Waals surface area contributed by atoms with E-state index in [1.807, 2.05) is 25.2 Å². The van der Waals surface area contributed by atoms with Crippen molar-refractivity contribution in [3.8, 4) is 17.2 Å². The molecular formula is C18H24N2O5S. The van der Waals surface area contributed by atoms with Crippen LogP contribution in [0.15, 0.2) is 47.4 Å². The van der Waals surface area contributed by atoms with Gasteiger partial charge in [0.05, 0.1) is 19.1 Å². The monoisotopic (exact) mass is 380 g/mol. The predicted molar refractivity (Wildman–Crippen MR) is 99.2 cm³/mol. The molecule has 7 nitrogen and oxygen atoms in total. The van der Waals surface area contributed by atoms with Gasteiger partial charge in [-0.05, 0) is 49.0 Å². The molecule has 0 aliphatic carbocycles. The molecule has 2 N–H and O–H groups in total. The van der Waals surface area contributed by atoms with Crippen LogP contribution in [0.4, 0.5) is 0 Å². The van der Waals surface area contributed by atoms with Crippen LogP contribution in [0.1, 0.15) is 5.56 Å². The van der Waals surface area contributed by atoms with Crippen molar-refractivity contribution >= 4 is 10.0 Å². The van der Waals surface area contributed by atoms with E-state index in [0.717, 1.165) is 12.1 Å². The van der Waals surface area contributed by atoms with Crippen LogP contribution in [0.2, 0.25) is 0 Å². The van der Waals surface area contributed by atoms with Gasteiger partial charge < -0.3 is 14.2 Å². The first-order chi connectivity index (χ1) is 12.3. The summed E-state index contributed by atoms with van der Waals surface area (Å²) in [5, 5.41) is 5.07. The van der Waals surface area contributed by atoms with Crippen molar-refractivity contribution in [3.63, 3.8) is 0 Å². The second-order valence-electron chi connectivity index (χ2n) is 5.79. The van der Waals surface area contributed by atoms with E-state index in [4.69, 9.17) is 19.3 Å². The highest BCUT2D eigenvalue weighted by Gasteiger charge is 2.08. The topological polar surface area (TPSA) is 91.1 Å². The van der Waals surface area contributed by atoms with Crippen LogP contribution < -0.4 is 19.3 Å². The Hall–Kier alpha value is -2.29. The fraction of sp³-hybridized carbons (Fsp3) is 0.333. The van der Waals surface area contributed by atoms with Gasteiger partial charge in [0.15, 0.2) is 11.5 Å². The SMILES string of the molecule is COc1ccc(CN(C)CCOc2ccc(S(N)(=O)=O)cc2)cc1OC. The Balaban J connectivity index is 1.84. The fourth-order valence-electron chi connectivity index (χ4n) is 2.41. The van der Waals surface area contributed by atoms with Crippen LogP contribution in [0.3, 0.4) is 0 Å². The molecule has 0 bridgehead atoms. The van der Waals surface area contributed by atoms with Crippen LogP contribution in [0, 0.1) is 0 Å². The van der Waals surface area contributed by atoms with Gasteiger partial charge in [-0.1, -0.05) is 6.07 Å². The standard InChI is InChI=1S/C18H24N2O5S/c1-20(13-14-4-9-17(23-2)18(12-14)24-3)10-11-25-15-5-7-16(8-6-15)26(19,21)22/h4-9,12H,10-11,13H2,1-3H3,(H2,19,21,22). The minimum absolute atomic E-state index is 0.0652. The number of primary sulfonamides is 1. The first-order valence-corrected chi connectivity index (χ1v) is 9.53. The van der Waals surface area contributed by atoms with Gasteiger partial charge in [-0.25, -0.2) is 13.6 Å². The zero-order chi connectivity index (χ0) is 19.2. The molecule has 0 amide bonds. The van der Waals surface area contributed by atoms with Crippen LogP contribution in [-0.2, 0) is 16.6 Å². The Labute approximate surface area is 154 Å². The molecule has 0 spiro atoms. The summed E-state index contributed by atoms with van der Waals surface area (Å²) in [6, 6.07) is 11.9. The molecule has 0 heterocycles. The summed E-state index contributed by atoms with van der Waals surface area (Å²) in [6.07, 6.45) is 0. The average molecular weight is 380 g/mol. The number of ether oxygens (including phenoxy) is 3. The van der Waals surface area contributed by atoms with Gasteiger partial charge in [-0.3, -0.25) is 4.90 Å². The second kappa shape index (κ2) is 8.88. The van der Waals surface area contributed by atoms with E-state index >= 15 is 0 Å². The molecular weight excluding hydrogens is 356 g/mol. The number of hydrogen-bond acceptors (Lipinski definition) is 6. The number of methoxy groups -OCH3 is 2. The van der Waals surface area contributed by atoms with Crippen LogP contribution in [-0.4, -0.2) is 47.7 Å². The third-order valence-electron chi connectivity index (χ3n) is 3.79. The molecule has 0 aliphatic rings. The summed E-state index contributed by atoms with van der Waals surface area (Å²) in [6.45, 7) is 1.90. The van der Waals surface area contributed by atoms with E-state index in [1.54, 1.807) is 26.4 Å². The van der Waals surface area contributed by atoms with Crippen LogP contribution >= 0.6 is 0 Å². The quantitative estimate of drug-likeness (QED) is 0.714. The summed E-state index contributed by atoms with van der Waals surface area (Å²) < 4.78 is 38.6. The third-order valence-corrected chi connectivity index (χ3v) is 4.72. The molecule has 0 saturated heterocycles. The lowest BCUT2D eigenvalue weighted by atomic mass is 10.2. The maximum absolute atomic E-state index is 11.2. The van der Waals surface area contributed by atoms with E-state index in [1.165, 1.54) is 12.1 Å². The Bertz CT molecular complexity index is 822. The molecule has 2 aromatic rings. The van der Waals surface area contributed by atoms with E-state index in [2.05, 4.69) is 4.90 Å². The van der Waals surface area contributed by atoms with Crippen LogP contribution in [0.5, 0.6) is 17.2 Å². The fourth-order valence-corrected chi connectivity index (χ4v) is 2.93. The highest BCUT2D eigenvalue weighted by molar-refractivity contribution is 7.89. The molecule has 2 rings (SSSR count). The summed E-state index contributed by atoms with van der Waals surface area (Å²) >= 11 is 0. The van der Waals surface area contributed by atoms with Crippen molar-refractivity contribution in [1.82, 2.24) is 4.90 Å². The highest BCUT2D eigenvalue weighted by Crippen LogP contribution is 2.27. The lowest BCUT2D eigenvalue weighted by Gasteiger charge is -2.18. The van der Waals surface area contributed by atoms with E-state index in [9.17, 15) is 8.42 Å². The lowest BCUT2D eigenvalue weighted by Crippen LogP contribution is -2.23. The maximum atomic E-state index is 11.2. The number of hydrogen-bond donors (Lipinski definition) is 1. The van der Waals surface area contributed by atoms with E-state index < -0.39 is 10.0 Å². The molecule has 26 heavy (non-hydrogen) atoms. The zero-order valence-corrected chi connectivity index (χ0v) is 16.0. The largest absolute Gasteiger partial charge is 0.493 e. The van der Waals surface area contributed by atoms with Crippen molar-refractivity contribution in [2.45, 2.75) is 11.4 Å². The number of benzene rings is 2. The maximum Gasteiger partial charge on any atom is 0.238 e. The summed E-state index contributed by atoms with van der Waals surface area (Å²) in [5.74, 6) is 1.99. The zero-order valence-electron chi connectivity index (χ0n) is 15.1. The van der Waals surface area contributed by atoms with Crippen molar-refractivity contribution in [3.05, 3.63) is 48.0 Å². The number of nitrogens with two attached hydrogens (primary N) is 1. The van der Waals surface area contributed by atoms with Crippen molar-refractivity contribution in [1.29, 1.82) is 0 Å². The first kappa shape index (κ1) is 20.0. The van der Waals surface area contributed by atoms with Gasteiger partial charge in [0, 0.05) is 13.1 Å². The number of likely N-dealkylation sites (N-methyl/N-ethyl adjacent to an activating group) is 1. The molecule has 0 saturated carbocycles. The molecule has 0 radical (unpaired) electrons. The Morgan fingerprint density at radius 1 is 1.00 bits per heavy atom. The number of nitrogens with zero attached hydrogens (tertiary/aromatic N) is 1. The number of rotatable bonds is 9. The van der Waals surface area contributed by atoms with Gasteiger partial charge >= 0.3 is 0 Å². The van der Waals surface area contributed by atoms with Crippen molar-refractivity contribution in [2.75, 3.05) is 34.4 Å². The molecule has 0 atom stereocenters. The Morgan fingerprint density at radius 3 is 2.23 bits per heavy atom. The first-order valence-electron chi connectivity index (χ1n) is 7.98. The van der Waals surface area contributed by atoms with Gasteiger partial charge in [0.2, 0.25) is 10.0 Å². The summed E-state index contributed by atoms with van der Waals surface area (Å²) in [7, 11) is 1.53. The van der Waals surface area contributed by atoms with Gasteiger partial charge in [0.25, 0.3) is 0 Å². The lowest BCUT2D eigenvalue weighted by molar-refractivity contribution is 0.232. The van der Waals surface area contributed by atoms with Crippen LogP contribution in [0.25, 0.3) is 0 Å². The molecule has 2 aromatic carbocycles. The molecule has 8 heteroatoms.